The Labute approximate surface area is 251 Å². The van der Waals surface area contributed by atoms with Gasteiger partial charge >= 0.3 is 0 Å². The van der Waals surface area contributed by atoms with Crippen molar-refractivity contribution < 1.29 is 47.8 Å². The van der Waals surface area contributed by atoms with E-state index in [1.807, 2.05) is 0 Å². The Morgan fingerprint density at radius 1 is 1.21 bits per heavy atom. The van der Waals surface area contributed by atoms with Crippen molar-refractivity contribution in [1.29, 1.82) is 0 Å². The second kappa shape index (κ2) is 15.2. The largest absolute Gasteiger partial charge is 0.492 e. The number of aliphatic hydroxyl groups excluding tert-OH is 3. The summed E-state index contributed by atoms with van der Waals surface area (Å²) in [6.45, 7) is 1.21. The highest BCUT2D eigenvalue weighted by molar-refractivity contribution is 7.89. The highest BCUT2D eigenvalue weighted by Gasteiger charge is 2.54. The van der Waals surface area contributed by atoms with E-state index in [0.717, 1.165) is 0 Å². The third-order valence-electron chi connectivity index (χ3n) is 8.23. The van der Waals surface area contributed by atoms with Gasteiger partial charge in [-0.05, 0) is 45.9 Å². The van der Waals surface area contributed by atoms with Gasteiger partial charge in [-0.2, -0.15) is 0 Å². The molecule has 12 atom stereocenters. The van der Waals surface area contributed by atoms with Crippen molar-refractivity contribution in [2.24, 2.45) is 28.9 Å². The molecule has 1 saturated heterocycles. The third-order valence-corrected chi connectivity index (χ3v) is 9.67. The predicted octanol–water partition coefficient (Wildman–Crippen LogP) is -5.79. The van der Waals surface area contributed by atoms with Crippen molar-refractivity contribution in [3.63, 3.8) is 0 Å². The molecule has 1 saturated carbocycles. The summed E-state index contributed by atoms with van der Waals surface area (Å²) in [4.78, 5) is 12.8. The van der Waals surface area contributed by atoms with Crippen LogP contribution in [0.1, 0.15) is 26.2 Å². The minimum Gasteiger partial charge on any atom is -0.492 e. The number of carbonyl (C=O) groups is 1. The molecule has 0 aromatic carbocycles. The summed E-state index contributed by atoms with van der Waals surface area (Å²) in [7, 11) is -2.27. The molecule has 1 amide bonds. The molecule has 0 radical (unpaired) electrons. The van der Waals surface area contributed by atoms with Gasteiger partial charge in [-0.3, -0.25) is 4.79 Å². The van der Waals surface area contributed by atoms with Gasteiger partial charge in [0, 0.05) is 18.5 Å². The molecule has 17 nitrogen and oxygen atoms in total. The van der Waals surface area contributed by atoms with Crippen LogP contribution in [0, 0.1) is 5.92 Å². The molecular formula is C25H49N7O10S. The van der Waals surface area contributed by atoms with E-state index in [1.54, 1.807) is 13.1 Å². The Balaban J connectivity index is 1.95. The summed E-state index contributed by atoms with van der Waals surface area (Å²) in [5.41, 5.74) is 21.9. The van der Waals surface area contributed by atoms with Crippen LogP contribution >= 0.6 is 0 Å². The highest BCUT2D eigenvalue weighted by atomic mass is 32.2. The fourth-order valence-corrected chi connectivity index (χ4v) is 7.19. The second-order valence-electron chi connectivity index (χ2n) is 11.6. The van der Waals surface area contributed by atoms with Crippen LogP contribution in [0.3, 0.4) is 0 Å². The maximum Gasteiger partial charge on any atom is 0.249 e. The summed E-state index contributed by atoms with van der Waals surface area (Å²) >= 11 is 0. The van der Waals surface area contributed by atoms with Crippen LogP contribution in [0.25, 0.3) is 0 Å². The Hall–Kier alpha value is -1.52. The molecule has 250 valence electrons. The molecule has 1 aliphatic carbocycles. The maximum atomic E-state index is 12.8. The van der Waals surface area contributed by atoms with Crippen LogP contribution in [0.4, 0.5) is 0 Å². The maximum absolute atomic E-state index is 12.8. The van der Waals surface area contributed by atoms with Crippen molar-refractivity contribution in [3.05, 3.63) is 11.8 Å². The molecule has 0 spiro atoms. The monoisotopic (exact) mass is 639 g/mol. The van der Waals surface area contributed by atoms with Gasteiger partial charge < -0.3 is 68.2 Å². The number of amides is 1. The first-order chi connectivity index (χ1) is 20.2. The summed E-state index contributed by atoms with van der Waals surface area (Å²) in [6.07, 6.45) is -6.14. The van der Waals surface area contributed by atoms with Gasteiger partial charge in [0.05, 0.1) is 43.1 Å². The zero-order valence-electron chi connectivity index (χ0n) is 24.5. The van der Waals surface area contributed by atoms with E-state index in [4.69, 9.17) is 37.1 Å². The molecule has 43 heavy (non-hydrogen) atoms. The van der Waals surface area contributed by atoms with Crippen LogP contribution in [0.2, 0.25) is 0 Å². The molecule has 0 aromatic heterocycles. The summed E-state index contributed by atoms with van der Waals surface area (Å²) in [5, 5.41) is 49.2. The summed E-state index contributed by atoms with van der Waals surface area (Å²) in [6, 6.07) is -3.56. The molecule has 0 aromatic rings. The zero-order chi connectivity index (χ0) is 32.1. The molecule has 3 aliphatic rings. The Morgan fingerprint density at radius 2 is 1.91 bits per heavy atom. The quantitative estimate of drug-likeness (QED) is 0.0894. The van der Waals surface area contributed by atoms with Gasteiger partial charge in [-0.1, -0.05) is 0 Å². The van der Waals surface area contributed by atoms with Crippen molar-refractivity contribution in [1.82, 2.24) is 15.4 Å². The number of rotatable bonds is 13. The molecule has 1 unspecified atom stereocenters. The fourth-order valence-electron chi connectivity index (χ4n) is 6.07. The van der Waals surface area contributed by atoms with E-state index >= 15 is 0 Å². The van der Waals surface area contributed by atoms with Gasteiger partial charge in [0.15, 0.2) is 6.29 Å². The van der Waals surface area contributed by atoms with E-state index in [-0.39, 0.29) is 51.3 Å². The average molecular weight is 640 g/mol. The normalized spacial score (nSPS) is 39.4. The molecule has 2 heterocycles. The van der Waals surface area contributed by atoms with E-state index in [1.165, 1.54) is 6.92 Å². The lowest BCUT2D eigenvalue weighted by atomic mass is 9.72. The first-order valence-corrected chi connectivity index (χ1v) is 16.1. The highest BCUT2D eigenvalue weighted by Crippen LogP contribution is 2.37. The topological polar surface area (TPSA) is 300 Å². The predicted molar refractivity (Wildman–Crippen MR) is 154 cm³/mol. The van der Waals surface area contributed by atoms with Crippen LogP contribution < -0.4 is 38.3 Å². The number of nitrogens with two attached hydrogens (primary N) is 4. The fraction of sp³-hybridized carbons (Fsp3) is 0.880. The van der Waals surface area contributed by atoms with Crippen molar-refractivity contribution in [3.8, 4) is 0 Å². The number of hydrogen-bond acceptors (Lipinski definition) is 15. The number of aliphatic hydroxyl groups is 4. The molecule has 15 N–H and O–H groups in total. The van der Waals surface area contributed by atoms with Crippen LogP contribution in [-0.2, 0) is 29.0 Å². The minimum absolute atomic E-state index is 0.00721. The summed E-state index contributed by atoms with van der Waals surface area (Å²) < 4.78 is 45.7. The SMILES string of the molecule is CN[C@@H]1[C@@H](O)[C@@H](O[C@H]2[C@H](NC(=O)[C@@H](O)CCN)C[C@H](N)C([C@H]3OC(CN)=CC[C@H]3NS(=O)(=O)CCN)[C@@H]2O)OC[C@]1(C)O. The average Bonchev–Trinajstić information content (AvgIpc) is 2.92. The number of nitrogens with one attached hydrogen (secondary N) is 3. The summed E-state index contributed by atoms with van der Waals surface area (Å²) in [5.74, 6) is -1.68. The lowest BCUT2D eigenvalue weighted by Gasteiger charge is -2.50. The van der Waals surface area contributed by atoms with E-state index < -0.39 is 88.4 Å². The third kappa shape index (κ3) is 8.60. The van der Waals surface area contributed by atoms with Crippen LogP contribution in [0.5, 0.6) is 0 Å². The number of sulfonamides is 1. The Morgan fingerprint density at radius 3 is 2.51 bits per heavy atom. The van der Waals surface area contributed by atoms with Gasteiger partial charge in [-0.15, -0.1) is 0 Å². The first kappa shape index (κ1) is 36.0. The van der Waals surface area contributed by atoms with Crippen molar-refractivity contribution in [2.75, 3.05) is 39.0 Å². The number of carbonyl (C=O) groups excluding carboxylic acids is 1. The van der Waals surface area contributed by atoms with Crippen molar-refractivity contribution in [2.45, 2.75) is 92.8 Å². The van der Waals surface area contributed by atoms with E-state index in [9.17, 15) is 33.6 Å². The van der Waals surface area contributed by atoms with Crippen LogP contribution in [-0.4, -0.2) is 140 Å². The molecule has 18 heteroatoms. The lowest BCUT2D eigenvalue weighted by molar-refractivity contribution is -0.297. The van der Waals surface area contributed by atoms with Gasteiger partial charge in [-0.25, -0.2) is 13.1 Å². The number of likely N-dealkylation sites (N-methyl/N-ethyl adjacent to an activating group) is 1. The Bertz CT molecular complexity index is 1070. The second-order valence-corrected chi connectivity index (χ2v) is 13.5. The van der Waals surface area contributed by atoms with Gasteiger partial charge in [0.1, 0.15) is 35.8 Å². The molecular weight excluding hydrogens is 590 g/mol. The zero-order valence-corrected chi connectivity index (χ0v) is 25.4. The van der Waals surface area contributed by atoms with E-state index in [0.29, 0.717) is 5.76 Å². The van der Waals surface area contributed by atoms with E-state index in [2.05, 4.69) is 15.4 Å². The van der Waals surface area contributed by atoms with Gasteiger partial charge in [0.25, 0.3) is 0 Å². The smallest absolute Gasteiger partial charge is 0.249 e. The lowest BCUT2D eigenvalue weighted by Crippen LogP contribution is -2.70. The number of ether oxygens (including phenoxy) is 3. The molecule has 2 aliphatic heterocycles. The number of hydrogen-bond donors (Lipinski definition) is 11. The molecule has 2 fully saturated rings. The van der Waals surface area contributed by atoms with Gasteiger partial charge in [0.2, 0.25) is 15.9 Å². The molecule has 3 rings (SSSR count). The standard InChI is InChI=1S/C25H49N7O10S/c1-25(37)11-40-24(19(35)22(25)30-2)42-21-15(31-23(36)16(33)5-6-26)9-13(29)17(18(21)34)20-14(4-3-12(10-28)41-20)32-43(38,39)8-7-27/h3,13-22,24,30,32-35,37H,4-11,26-29H2,1-2H3,(H,31,36)/t13-,14+,15+,16-,17?,18-,19+,20-,21-,22+,24+,25-/m0/s1. The molecule has 0 bridgehead atoms. The Kier molecular flexibility index (Phi) is 12.7. The van der Waals surface area contributed by atoms with Crippen LogP contribution in [0.15, 0.2) is 11.8 Å². The first-order valence-electron chi connectivity index (χ1n) is 14.4. The van der Waals surface area contributed by atoms with Crippen molar-refractivity contribution >= 4 is 15.9 Å². The minimum atomic E-state index is -3.82.